The number of benzene rings is 1. The van der Waals surface area contributed by atoms with E-state index in [1.807, 2.05) is 30.3 Å². The van der Waals surface area contributed by atoms with E-state index < -0.39 is 0 Å². The van der Waals surface area contributed by atoms with Gasteiger partial charge in [-0.1, -0.05) is 18.2 Å². The summed E-state index contributed by atoms with van der Waals surface area (Å²) in [4.78, 5) is 1.21. The number of hydrogen-bond acceptors (Lipinski definition) is 2. The molecule has 0 radical (unpaired) electrons. The molecule has 0 heterocycles. The fraction of sp³-hybridized carbons (Fsp3) is 0.200. The third-order valence-electron chi connectivity index (χ3n) is 1.47. The second kappa shape index (κ2) is 5.01. The van der Waals surface area contributed by atoms with Gasteiger partial charge in [-0.3, -0.25) is 0 Å². The molecule has 1 aromatic carbocycles. The van der Waals surface area contributed by atoms with Crippen LogP contribution < -0.4 is 0 Å². The van der Waals surface area contributed by atoms with Crippen molar-refractivity contribution in [3.8, 4) is 0 Å². The first-order valence-corrected chi connectivity index (χ1v) is 4.79. The molecule has 12 heavy (non-hydrogen) atoms. The number of aliphatic hydroxyl groups is 1. The highest BCUT2D eigenvalue weighted by molar-refractivity contribution is 7.99. The molecular weight excluding hydrogens is 168 g/mol. The Kier molecular flexibility index (Phi) is 3.91. The summed E-state index contributed by atoms with van der Waals surface area (Å²) >= 11 is 1.74. The minimum absolute atomic E-state index is 0.117. The molecule has 0 aliphatic rings. The summed E-state index contributed by atoms with van der Waals surface area (Å²) in [7, 11) is 0. The van der Waals surface area contributed by atoms with Gasteiger partial charge in [-0.25, -0.2) is 0 Å². The van der Waals surface area contributed by atoms with Crippen molar-refractivity contribution >= 4 is 11.8 Å². The van der Waals surface area contributed by atoms with Gasteiger partial charge in [0.05, 0.1) is 6.61 Å². The smallest absolute Gasteiger partial charge is 0.0681 e. The van der Waals surface area contributed by atoms with Gasteiger partial charge < -0.3 is 5.11 Å². The third-order valence-corrected chi connectivity index (χ3v) is 2.48. The van der Waals surface area contributed by atoms with Gasteiger partial charge in [0.1, 0.15) is 0 Å². The zero-order valence-electron chi connectivity index (χ0n) is 6.86. The van der Waals surface area contributed by atoms with E-state index >= 15 is 0 Å². The van der Waals surface area contributed by atoms with Gasteiger partial charge in [-0.2, -0.15) is 0 Å². The first-order chi connectivity index (χ1) is 5.86. The molecule has 0 atom stereocenters. The van der Waals surface area contributed by atoms with Crippen molar-refractivity contribution in [1.82, 2.24) is 0 Å². The van der Waals surface area contributed by atoms with Crippen LogP contribution in [-0.4, -0.2) is 10.9 Å². The fourth-order valence-electron chi connectivity index (χ4n) is 0.846. The van der Waals surface area contributed by atoms with Crippen LogP contribution in [0.5, 0.6) is 0 Å². The third kappa shape index (κ3) is 2.72. The highest BCUT2D eigenvalue weighted by Gasteiger charge is 1.92. The van der Waals surface area contributed by atoms with Crippen LogP contribution in [0.25, 0.3) is 0 Å². The number of rotatable bonds is 4. The van der Waals surface area contributed by atoms with Crippen LogP contribution in [0.2, 0.25) is 0 Å². The van der Waals surface area contributed by atoms with Crippen molar-refractivity contribution in [3.05, 3.63) is 42.5 Å². The van der Waals surface area contributed by atoms with Gasteiger partial charge in [0.25, 0.3) is 0 Å². The highest BCUT2D eigenvalue weighted by Crippen LogP contribution is 2.17. The summed E-state index contributed by atoms with van der Waals surface area (Å²) < 4.78 is 0. The maximum Gasteiger partial charge on any atom is 0.0681 e. The van der Waals surface area contributed by atoms with Gasteiger partial charge in [0.15, 0.2) is 0 Å². The molecule has 0 aliphatic heterocycles. The molecule has 0 saturated carbocycles. The summed E-state index contributed by atoms with van der Waals surface area (Å²) in [6.07, 6.45) is 1.88. The van der Waals surface area contributed by atoms with Crippen LogP contribution in [0.4, 0.5) is 0 Å². The Balaban J connectivity index is 2.58. The van der Waals surface area contributed by atoms with Gasteiger partial charge in [-0.05, 0) is 17.7 Å². The molecular formula is C10H12OS. The number of thioether (sulfide) groups is 1. The first-order valence-electron chi connectivity index (χ1n) is 3.80. The van der Waals surface area contributed by atoms with Crippen molar-refractivity contribution in [2.24, 2.45) is 0 Å². The van der Waals surface area contributed by atoms with Crippen LogP contribution in [0.3, 0.4) is 0 Å². The van der Waals surface area contributed by atoms with Crippen molar-refractivity contribution in [2.75, 3.05) is 5.75 Å². The molecule has 1 nitrogen and oxygen atoms in total. The van der Waals surface area contributed by atoms with Crippen LogP contribution in [-0.2, 0) is 6.61 Å². The second-order valence-corrected chi connectivity index (χ2v) is 3.50. The molecule has 0 bridgehead atoms. The monoisotopic (exact) mass is 180 g/mol. The Hall–Kier alpha value is -0.730. The quantitative estimate of drug-likeness (QED) is 0.567. The lowest BCUT2D eigenvalue weighted by Crippen LogP contribution is -1.81. The molecule has 2 heteroatoms. The average molecular weight is 180 g/mol. The van der Waals surface area contributed by atoms with Crippen molar-refractivity contribution in [3.63, 3.8) is 0 Å². The summed E-state index contributed by atoms with van der Waals surface area (Å²) in [5, 5.41) is 8.78. The molecule has 0 spiro atoms. The van der Waals surface area contributed by atoms with E-state index in [2.05, 4.69) is 6.58 Å². The maximum absolute atomic E-state index is 8.78. The molecule has 1 N–H and O–H groups in total. The van der Waals surface area contributed by atoms with E-state index in [4.69, 9.17) is 5.11 Å². The highest BCUT2D eigenvalue weighted by atomic mass is 32.2. The lowest BCUT2D eigenvalue weighted by molar-refractivity contribution is 0.282. The predicted octanol–water partition coefficient (Wildman–Crippen LogP) is 2.46. The topological polar surface area (TPSA) is 20.2 Å². The molecule has 1 rings (SSSR count). The van der Waals surface area contributed by atoms with Gasteiger partial charge >= 0.3 is 0 Å². The van der Waals surface area contributed by atoms with Gasteiger partial charge in [0.2, 0.25) is 0 Å². The van der Waals surface area contributed by atoms with E-state index in [0.717, 1.165) is 11.3 Å². The number of hydrogen-bond donors (Lipinski definition) is 1. The van der Waals surface area contributed by atoms with Crippen molar-refractivity contribution < 1.29 is 5.11 Å². The summed E-state index contributed by atoms with van der Waals surface area (Å²) in [5.41, 5.74) is 0.956. The summed E-state index contributed by atoms with van der Waals surface area (Å²) in [5.74, 6) is 0.929. The molecule has 0 fully saturated rings. The Morgan fingerprint density at radius 1 is 1.33 bits per heavy atom. The lowest BCUT2D eigenvalue weighted by atomic mass is 10.2. The van der Waals surface area contributed by atoms with E-state index in [0.29, 0.717) is 0 Å². The Morgan fingerprint density at radius 3 is 2.50 bits per heavy atom. The molecule has 0 aromatic heterocycles. The SMILES string of the molecule is C=CCSc1ccc(CO)cc1. The zero-order valence-corrected chi connectivity index (χ0v) is 7.68. The van der Waals surface area contributed by atoms with Crippen LogP contribution in [0.1, 0.15) is 5.56 Å². The first kappa shape index (κ1) is 9.36. The minimum Gasteiger partial charge on any atom is -0.392 e. The van der Waals surface area contributed by atoms with Crippen molar-refractivity contribution in [2.45, 2.75) is 11.5 Å². The fourth-order valence-corrected chi connectivity index (χ4v) is 1.49. The van der Waals surface area contributed by atoms with E-state index in [9.17, 15) is 0 Å². The van der Waals surface area contributed by atoms with Crippen LogP contribution >= 0.6 is 11.8 Å². The van der Waals surface area contributed by atoms with Crippen LogP contribution in [0, 0.1) is 0 Å². The van der Waals surface area contributed by atoms with E-state index in [1.54, 1.807) is 11.8 Å². The molecule has 0 amide bonds. The normalized spacial score (nSPS) is 9.75. The number of aliphatic hydroxyl groups excluding tert-OH is 1. The molecule has 0 aliphatic carbocycles. The minimum atomic E-state index is 0.117. The van der Waals surface area contributed by atoms with E-state index in [1.165, 1.54) is 4.90 Å². The van der Waals surface area contributed by atoms with E-state index in [-0.39, 0.29) is 6.61 Å². The molecule has 1 aromatic rings. The van der Waals surface area contributed by atoms with Crippen LogP contribution in [0.15, 0.2) is 41.8 Å². The Labute approximate surface area is 77.1 Å². The molecule has 64 valence electrons. The zero-order chi connectivity index (χ0) is 8.81. The summed E-state index contributed by atoms with van der Waals surface area (Å²) in [6, 6.07) is 7.90. The molecule has 0 unspecified atom stereocenters. The predicted molar refractivity (Wildman–Crippen MR) is 53.3 cm³/mol. The van der Waals surface area contributed by atoms with Gasteiger partial charge in [0, 0.05) is 10.6 Å². The maximum atomic E-state index is 8.78. The van der Waals surface area contributed by atoms with Gasteiger partial charge in [-0.15, -0.1) is 18.3 Å². The lowest BCUT2D eigenvalue weighted by Gasteiger charge is -1.99. The standard InChI is InChI=1S/C10H12OS/c1-2-7-12-10-5-3-9(8-11)4-6-10/h2-6,11H,1,7-8H2. The largest absolute Gasteiger partial charge is 0.392 e. The Morgan fingerprint density at radius 2 is 2.00 bits per heavy atom. The second-order valence-electron chi connectivity index (χ2n) is 2.40. The summed E-state index contributed by atoms with van der Waals surface area (Å²) in [6.45, 7) is 3.77. The average Bonchev–Trinajstić information content (AvgIpc) is 2.15. The van der Waals surface area contributed by atoms with Crippen molar-refractivity contribution in [1.29, 1.82) is 0 Å². The molecule has 0 saturated heterocycles. The Bertz CT molecular complexity index is 241.